The summed E-state index contributed by atoms with van der Waals surface area (Å²) in [6.45, 7) is 2.72. The highest BCUT2D eigenvalue weighted by atomic mass is 32.1. The molecule has 1 fully saturated rings. The number of pyridine rings is 1. The van der Waals surface area contributed by atoms with Crippen LogP contribution in [0.5, 0.6) is 11.5 Å². The smallest absolute Gasteiger partial charge is 0.323 e. The van der Waals surface area contributed by atoms with Crippen LogP contribution in [0.1, 0.15) is 25.3 Å². The molecule has 1 aliphatic heterocycles. The van der Waals surface area contributed by atoms with Gasteiger partial charge in [-0.3, -0.25) is 14.9 Å². The molecule has 4 amide bonds. The van der Waals surface area contributed by atoms with Crippen molar-refractivity contribution in [1.82, 2.24) is 20.1 Å². The summed E-state index contributed by atoms with van der Waals surface area (Å²) in [5, 5.41) is 7.93. The Morgan fingerprint density at radius 1 is 1.05 bits per heavy atom. The van der Waals surface area contributed by atoms with E-state index < -0.39 is 17.5 Å². The van der Waals surface area contributed by atoms with Gasteiger partial charge in [0.15, 0.2) is 16.7 Å². The number of amides is 4. The van der Waals surface area contributed by atoms with E-state index in [4.69, 9.17) is 17.0 Å². The Labute approximate surface area is 247 Å². The Balaban J connectivity index is 1.29. The van der Waals surface area contributed by atoms with E-state index in [1.54, 1.807) is 16.8 Å². The van der Waals surface area contributed by atoms with Crippen LogP contribution in [0.3, 0.4) is 0 Å². The van der Waals surface area contributed by atoms with Crippen LogP contribution in [-0.4, -0.2) is 63.9 Å². The minimum atomic E-state index is -0.695. The summed E-state index contributed by atoms with van der Waals surface area (Å²) < 4.78 is 33.5. The van der Waals surface area contributed by atoms with Gasteiger partial charge in [-0.2, -0.15) is 0 Å². The Kier molecular flexibility index (Phi) is 9.97. The molecule has 0 saturated carbocycles. The predicted molar refractivity (Wildman–Crippen MR) is 157 cm³/mol. The Morgan fingerprint density at radius 3 is 2.43 bits per heavy atom. The molecule has 0 radical (unpaired) electrons. The van der Waals surface area contributed by atoms with Gasteiger partial charge in [0.1, 0.15) is 17.4 Å². The molecule has 0 bridgehead atoms. The van der Waals surface area contributed by atoms with Crippen LogP contribution in [0.2, 0.25) is 0 Å². The predicted octanol–water partition coefficient (Wildman–Crippen LogP) is 4.68. The number of carbonyl (C=O) groups excluding carboxylic acids is 3. The van der Waals surface area contributed by atoms with Crippen LogP contribution in [-0.2, 0) is 16.0 Å². The molecule has 0 spiro atoms. The molecule has 1 saturated heterocycles. The number of hydrogen-bond acceptors (Lipinski definition) is 6. The van der Waals surface area contributed by atoms with Crippen LogP contribution in [0.4, 0.5) is 25.1 Å². The second-order valence-corrected chi connectivity index (χ2v) is 10.1. The zero-order valence-electron chi connectivity index (χ0n) is 23.0. The van der Waals surface area contributed by atoms with E-state index in [1.807, 2.05) is 0 Å². The first kappa shape index (κ1) is 30.3. The normalized spacial score (nSPS) is 13.2. The maximum absolute atomic E-state index is 14.8. The van der Waals surface area contributed by atoms with Gasteiger partial charge in [-0.15, -0.1) is 0 Å². The molecule has 2 heterocycles. The summed E-state index contributed by atoms with van der Waals surface area (Å²) in [7, 11) is 1.69. The maximum Gasteiger partial charge on any atom is 0.323 e. The van der Waals surface area contributed by atoms with Crippen molar-refractivity contribution in [3.8, 4) is 11.5 Å². The molecule has 42 heavy (non-hydrogen) atoms. The number of likely N-dealkylation sites (tertiary alicyclic amines) is 1. The van der Waals surface area contributed by atoms with E-state index in [-0.39, 0.29) is 52.5 Å². The maximum atomic E-state index is 14.8. The molecule has 220 valence electrons. The van der Waals surface area contributed by atoms with Crippen molar-refractivity contribution in [2.24, 2.45) is 0 Å². The SMILES string of the molecule is CC(=O)N1CCC(N(C)C(=O)Nc2cc(Oc3ccc(NC(=S)NC(=O)Cc4ccc(F)cc4)cc3F)ccn2)CC1. The van der Waals surface area contributed by atoms with Crippen LogP contribution < -0.4 is 20.7 Å². The molecular weight excluding hydrogens is 566 g/mol. The lowest BCUT2D eigenvalue weighted by Gasteiger charge is -2.36. The van der Waals surface area contributed by atoms with Gasteiger partial charge in [0.2, 0.25) is 11.8 Å². The lowest BCUT2D eigenvalue weighted by molar-refractivity contribution is -0.130. The number of hydrogen-bond donors (Lipinski definition) is 3. The van der Waals surface area contributed by atoms with E-state index >= 15 is 0 Å². The number of ether oxygens (including phenoxy) is 1. The first-order valence-corrected chi connectivity index (χ1v) is 13.6. The average Bonchev–Trinajstić information content (AvgIpc) is 2.95. The number of carbonyl (C=O) groups is 3. The number of aromatic nitrogens is 1. The minimum Gasteiger partial charge on any atom is -0.454 e. The molecule has 3 aromatic rings. The number of anilines is 2. The van der Waals surface area contributed by atoms with Crippen LogP contribution in [0.25, 0.3) is 0 Å². The van der Waals surface area contributed by atoms with Crippen molar-refractivity contribution in [2.75, 3.05) is 30.8 Å². The van der Waals surface area contributed by atoms with Crippen LogP contribution >= 0.6 is 12.2 Å². The second kappa shape index (κ2) is 13.8. The third kappa shape index (κ3) is 8.43. The summed E-state index contributed by atoms with van der Waals surface area (Å²) in [5.41, 5.74) is 0.897. The molecular formula is C29H30F2N6O4S. The van der Waals surface area contributed by atoms with Gasteiger partial charge in [-0.25, -0.2) is 18.6 Å². The molecule has 13 heteroatoms. The number of halogens is 2. The highest BCUT2D eigenvalue weighted by Gasteiger charge is 2.26. The fraction of sp³-hybridized carbons (Fsp3) is 0.276. The fourth-order valence-corrected chi connectivity index (χ4v) is 4.62. The summed E-state index contributed by atoms with van der Waals surface area (Å²) in [5.74, 6) is -1.08. The second-order valence-electron chi connectivity index (χ2n) is 9.71. The molecule has 10 nitrogen and oxygen atoms in total. The molecule has 2 aromatic carbocycles. The molecule has 0 unspecified atom stereocenters. The highest BCUT2D eigenvalue weighted by molar-refractivity contribution is 7.80. The number of rotatable bonds is 7. The highest BCUT2D eigenvalue weighted by Crippen LogP contribution is 2.28. The molecule has 0 atom stereocenters. The molecule has 1 aromatic heterocycles. The number of thiocarbonyl (C=S) groups is 1. The van der Waals surface area contributed by atoms with Crippen molar-refractivity contribution in [2.45, 2.75) is 32.2 Å². The number of piperidine rings is 1. The quantitative estimate of drug-likeness (QED) is 0.339. The molecule has 3 N–H and O–H groups in total. The summed E-state index contributed by atoms with van der Waals surface area (Å²) in [6.07, 6.45) is 2.78. The number of urea groups is 1. The average molecular weight is 597 g/mol. The third-order valence-electron chi connectivity index (χ3n) is 6.69. The van der Waals surface area contributed by atoms with E-state index in [0.717, 1.165) is 6.07 Å². The number of benzene rings is 2. The standard InChI is InChI=1S/C29H30F2N6O4S/c1-18(38)37-13-10-22(11-14-37)36(2)29(40)34-26-17-23(9-12-32-26)41-25-8-7-21(16-24(25)31)33-28(42)35-27(39)15-19-3-5-20(30)6-4-19/h3-9,12,16-17,22H,10-11,13-15H2,1-2H3,(H,32,34,40)(H2,33,35,39,42). The van der Waals surface area contributed by atoms with E-state index in [2.05, 4.69) is 20.9 Å². The topological polar surface area (TPSA) is 116 Å². The van der Waals surface area contributed by atoms with Crippen LogP contribution in [0, 0.1) is 11.6 Å². The Morgan fingerprint density at radius 2 is 1.76 bits per heavy atom. The van der Waals surface area contributed by atoms with Gasteiger partial charge in [0, 0.05) is 57.1 Å². The Hall–Kier alpha value is -4.65. The van der Waals surface area contributed by atoms with Crippen LogP contribution in [0.15, 0.2) is 60.8 Å². The summed E-state index contributed by atoms with van der Waals surface area (Å²) in [6, 6.07) is 12.2. The first-order chi connectivity index (χ1) is 20.1. The molecule has 1 aliphatic rings. The molecule has 4 rings (SSSR count). The minimum absolute atomic E-state index is 0.00561. The first-order valence-electron chi connectivity index (χ1n) is 13.2. The van der Waals surface area contributed by atoms with Crippen molar-refractivity contribution < 1.29 is 27.9 Å². The van der Waals surface area contributed by atoms with Gasteiger partial charge < -0.3 is 25.2 Å². The summed E-state index contributed by atoms with van der Waals surface area (Å²) >= 11 is 5.14. The fourth-order valence-electron chi connectivity index (χ4n) is 4.38. The van der Waals surface area contributed by atoms with Crippen molar-refractivity contribution >= 4 is 46.7 Å². The van der Waals surface area contributed by atoms with E-state index in [9.17, 15) is 23.2 Å². The lowest BCUT2D eigenvalue weighted by atomic mass is 10.0. The zero-order valence-corrected chi connectivity index (χ0v) is 23.8. The monoisotopic (exact) mass is 596 g/mol. The summed E-state index contributed by atoms with van der Waals surface area (Å²) in [4.78, 5) is 44.0. The van der Waals surface area contributed by atoms with Crippen molar-refractivity contribution in [1.29, 1.82) is 0 Å². The number of nitrogens with zero attached hydrogens (tertiary/aromatic N) is 3. The van der Waals surface area contributed by atoms with Gasteiger partial charge in [-0.1, -0.05) is 12.1 Å². The molecule has 0 aliphatic carbocycles. The van der Waals surface area contributed by atoms with Gasteiger partial charge >= 0.3 is 6.03 Å². The largest absolute Gasteiger partial charge is 0.454 e. The Bertz CT molecular complexity index is 1460. The van der Waals surface area contributed by atoms with Gasteiger partial charge in [0.05, 0.1) is 6.42 Å². The van der Waals surface area contributed by atoms with Gasteiger partial charge in [-0.05, 0) is 61.0 Å². The van der Waals surface area contributed by atoms with Crippen molar-refractivity contribution in [3.63, 3.8) is 0 Å². The lowest BCUT2D eigenvalue weighted by Crippen LogP contribution is -2.48. The number of nitrogens with one attached hydrogen (secondary N) is 3. The van der Waals surface area contributed by atoms with E-state index in [0.29, 0.717) is 31.5 Å². The van der Waals surface area contributed by atoms with E-state index in [1.165, 1.54) is 61.7 Å². The zero-order chi connectivity index (χ0) is 30.2. The third-order valence-corrected chi connectivity index (χ3v) is 6.90. The van der Waals surface area contributed by atoms with Crippen molar-refractivity contribution in [3.05, 3.63) is 78.0 Å². The van der Waals surface area contributed by atoms with Gasteiger partial charge in [0.25, 0.3) is 0 Å².